The van der Waals surface area contributed by atoms with Gasteiger partial charge in [-0.1, -0.05) is 42.5 Å². The summed E-state index contributed by atoms with van der Waals surface area (Å²) in [6.45, 7) is 5.31. The van der Waals surface area contributed by atoms with E-state index in [2.05, 4.69) is 15.9 Å². The highest BCUT2D eigenvalue weighted by atomic mass is 16.5. The lowest BCUT2D eigenvalue weighted by atomic mass is 10.1. The number of para-hydroxylation sites is 1. The number of fused-ring (bicyclic) bond motifs is 1. The topological polar surface area (TPSA) is 53.9 Å². The molecule has 2 saturated heterocycles. The van der Waals surface area contributed by atoms with Crippen LogP contribution in [0.2, 0.25) is 0 Å². The van der Waals surface area contributed by atoms with E-state index >= 15 is 0 Å². The minimum Gasteiger partial charge on any atom is -0.378 e. The number of nitrogens with zero attached hydrogens (tertiary/aromatic N) is 5. The number of guanidine groups is 1. The average Bonchev–Trinajstić information content (AvgIpc) is 2.84. The van der Waals surface area contributed by atoms with Crippen molar-refractivity contribution in [3.05, 3.63) is 54.6 Å². The largest absolute Gasteiger partial charge is 0.378 e. The zero-order chi connectivity index (χ0) is 20.2. The predicted molar refractivity (Wildman–Crippen MR) is 120 cm³/mol. The first-order chi connectivity index (χ1) is 14.9. The van der Waals surface area contributed by atoms with Gasteiger partial charge >= 0.3 is 0 Å². The summed E-state index contributed by atoms with van der Waals surface area (Å²) in [7, 11) is 0. The van der Waals surface area contributed by atoms with E-state index in [1.54, 1.807) is 0 Å². The molecular weight excluding hydrogens is 374 g/mol. The van der Waals surface area contributed by atoms with E-state index in [1.807, 2.05) is 48.5 Å². The number of hydrogen-bond donors (Lipinski definition) is 0. The van der Waals surface area contributed by atoms with E-state index in [9.17, 15) is 0 Å². The maximum atomic E-state index is 5.59. The van der Waals surface area contributed by atoms with Crippen LogP contribution in [0, 0.1) is 0 Å². The van der Waals surface area contributed by atoms with Crippen molar-refractivity contribution in [2.75, 3.05) is 39.4 Å². The van der Waals surface area contributed by atoms with Crippen LogP contribution in [0.25, 0.3) is 22.3 Å². The second-order valence-electron chi connectivity index (χ2n) is 7.81. The molecule has 2 aliphatic heterocycles. The van der Waals surface area contributed by atoms with Gasteiger partial charge in [-0.2, -0.15) is 4.99 Å². The van der Waals surface area contributed by atoms with Crippen molar-refractivity contribution in [3.63, 3.8) is 0 Å². The van der Waals surface area contributed by atoms with Crippen molar-refractivity contribution in [2.45, 2.75) is 19.3 Å². The lowest BCUT2D eigenvalue weighted by Gasteiger charge is -2.38. The standard InChI is InChI=1S/C24H27N5O/c1-3-9-19(10-4-1)22-25-21-12-6-5-11-20(21)23(26-22)27-24(28-13-7-2-8-14-28)29-15-17-30-18-16-29/h1,3-6,9-12H,2,7-8,13-18H2. The maximum absolute atomic E-state index is 5.59. The molecule has 0 amide bonds. The molecule has 2 fully saturated rings. The summed E-state index contributed by atoms with van der Waals surface area (Å²) in [6, 6.07) is 18.3. The van der Waals surface area contributed by atoms with Gasteiger partial charge < -0.3 is 14.5 Å². The normalized spacial score (nSPS) is 18.1. The number of hydrogen-bond acceptors (Lipinski definition) is 4. The number of ether oxygens (including phenoxy) is 1. The molecule has 3 heterocycles. The highest BCUT2D eigenvalue weighted by Gasteiger charge is 2.23. The van der Waals surface area contributed by atoms with Gasteiger partial charge in [0.15, 0.2) is 11.6 Å². The molecule has 0 saturated carbocycles. The summed E-state index contributed by atoms with van der Waals surface area (Å²) in [5, 5.41) is 0.986. The smallest absolute Gasteiger partial charge is 0.203 e. The van der Waals surface area contributed by atoms with Gasteiger partial charge in [0.05, 0.1) is 18.7 Å². The number of morpholine rings is 1. The quantitative estimate of drug-likeness (QED) is 0.478. The Hall–Kier alpha value is -2.99. The Balaban J connectivity index is 1.63. The van der Waals surface area contributed by atoms with Crippen LogP contribution in [-0.2, 0) is 4.74 Å². The summed E-state index contributed by atoms with van der Waals surface area (Å²) in [4.78, 5) is 19.7. The molecule has 0 atom stereocenters. The van der Waals surface area contributed by atoms with Crippen LogP contribution < -0.4 is 0 Å². The molecule has 5 rings (SSSR count). The van der Waals surface area contributed by atoms with Gasteiger partial charge in [-0.05, 0) is 31.4 Å². The van der Waals surface area contributed by atoms with Gasteiger partial charge in [0.2, 0.25) is 5.96 Å². The minimum absolute atomic E-state index is 0.716. The molecule has 6 nitrogen and oxygen atoms in total. The van der Waals surface area contributed by atoms with Crippen molar-refractivity contribution < 1.29 is 4.74 Å². The van der Waals surface area contributed by atoms with Crippen LogP contribution in [0.3, 0.4) is 0 Å². The average molecular weight is 402 g/mol. The van der Waals surface area contributed by atoms with E-state index in [1.165, 1.54) is 19.3 Å². The summed E-state index contributed by atoms with van der Waals surface area (Å²) in [6.07, 6.45) is 3.72. The van der Waals surface area contributed by atoms with E-state index in [0.717, 1.165) is 67.6 Å². The lowest BCUT2D eigenvalue weighted by Crippen LogP contribution is -2.50. The predicted octanol–water partition coefficient (Wildman–Crippen LogP) is 4.10. The van der Waals surface area contributed by atoms with Crippen LogP contribution in [0.1, 0.15) is 19.3 Å². The Morgan fingerprint density at radius 2 is 1.47 bits per heavy atom. The molecule has 0 unspecified atom stereocenters. The molecule has 3 aromatic rings. The van der Waals surface area contributed by atoms with E-state index in [-0.39, 0.29) is 0 Å². The fourth-order valence-corrected chi connectivity index (χ4v) is 4.15. The monoisotopic (exact) mass is 401 g/mol. The molecule has 0 aliphatic carbocycles. The van der Waals surface area contributed by atoms with Gasteiger partial charge in [0.1, 0.15) is 0 Å². The molecule has 2 aliphatic rings. The fourth-order valence-electron chi connectivity index (χ4n) is 4.15. The molecular formula is C24H27N5O. The number of piperidine rings is 1. The van der Waals surface area contributed by atoms with Gasteiger partial charge in [0.25, 0.3) is 0 Å². The van der Waals surface area contributed by atoms with Crippen molar-refractivity contribution >= 4 is 22.7 Å². The molecule has 2 aromatic carbocycles. The van der Waals surface area contributed by atoms with Crippen molar-refractivity contribution in [3.8, 4) is 11.4 Å². The first-order valence-corrected chi connectivity index (χ1v) is 10.9. The van der Waals surface area contributed by atoms with Gasteiger partial charge in [0, 0.05) is 37.1 Å². The zero-order valence-corrected chi connectivity index (χ0v) is 17.2. The van der Waals surface area contributed by atoms with Crippen molar-refractivity contribution in [2.24, 2.45) is 4.99 Å². The SMILES string of the molecule is c1ccc(-c2nc(N=C(N3CCCCC3)N3CCOCC3)c3ccccc3n2)cc1. The summed E-state index contributed by atoms with van der Waals surface area (Å²) < 4.78 is 5.59. The number of likely N-dealkylation sites (tertiary alicyclic amines) is 1. The summed E-state index contributed by atoms with van der Waals surface area (Å²) in [5.74, 6) is 2.49. The molecule has 6 heteroatoms. The zero-order valence-electron chi connectivity index (χ0n) is 17.2. The number of rotatable bonds is 2. The number of aliphatic imine (C=N–C) groups is 1. The first-order valence-electron chi connectivity index (χ1n) is 10.9. The number of aromatic nitrogens is 2. The van der Waals surface area contributed by atoms with Gasteiger partial charge in [-0.25, -0.2) is 9.97 Å². The Morgan fingerprint density at radius 1 is 0.767 bits per heavy atom. The second-order valence-corrected chi connectivity index (χ2v) is 7.81. The van der Waals surface area contributed by atoms with Gasteiger partial charge in [-0.3, -0.25) is 0 Å². The van der Waals surface area contributed by atoms with Crippen LogP contribution in [-0.4, -0.2) is 65.1 Å². The molecule has 0 spiro atoms. The van der Waals surface area contributed by atoms with Crippen molar-refractivity contribution in [1.29, 1.82) is 0 Å². The third-order valence-corrected chi connectivity index (χ3v) is 5.75. The Bertz CT molecular complexity index is 1000. The first kappa shape index (κ1) is 19.0. The van der Waals surface area contributed by atoms with E-state index < -0.39 is 0 Å². The Labute approximate surface area is 177 Å². The lowest BCUT2D eigenvalue weighted by molar-refractivity contribution is 0.0614. The van der Waals surface area contributed by atoms with E-state index in [4.69, 9.17) is 19.7 Å². The van der Waals surface area contributed by atoms with Gasteiger partial charge in [-0.15, -0.1) is 0 Å². The maximum Gasteiger partial charge on any atom is 0.203 e. The second kappa shape index (κ2) is 8.79. The highest BCUT2D eigenvalue weighted by Crippen LogP contribution is 2.28. The molecule has 0 N–H and O–H groups in total. The molecule has 0 bridgehead atoms. The minimum atomic E-state index is 0.716. The van der Waals surface area contributed by atoms with Crippen molar-refractivity contribution in [1.82, 2.24) is 19.8 Å². The van der Waals surface area contributed by atoms with Crippen LogP contribution >= 0.6 is 0 Å². The third-order valence-electron chi connectivity index (χ3n) is 5.75. The molecule has 1 aromatic heterocycles. The third kappa shape index (κ3) is 4.00. The van der Waals surface area contributed by atoms with Crippen LogP contribution in [0.15, 0.2) is 59.6 Å². The molecule has 154 valence electrons. The summed E-state index contributed by atoms with van der Waals surface area (Å²) >= 11 is 0. The Kier molecular flexibility index (Phi) is 5.57. The summed E-state index contributed by atoms with van der Waals surface area (Å²) in [5.41, 5.74) is 1.93. The van der Waals surface area contributed by atoms with Crippen LogP contribution in [0.4, 0.5) is 5.82 Å². The molecule has 30 heavy (non-hydrogen) atoms. The Morgan fingerprint density at radius 3 is 2.27 bits per heavy atom. The highest BCUT2D eigenvalue weighted by molar-refractivity contribution is 5.93. The molecule has 0 radical (unpaired) electrons. The fraction of sp³-hybridized carbons (Fsp3) is 0.375. The van der Waals surface area contributed by atoms with E-state index in [0.29, 0.717) is 5.82 Å². The van der Waals surface area contributed by atoms with Crippen LogP contribution in [0.5, 0.6) is 0 Å². The number of benzene rings is 2.